The van der Waals surface area contributed by atoms with Crippen molar-refractivity contribution in [1.82, 2.24) is 4.90 Å². The lowest BCUT2D eigenvalue weighted by Gasteiger charge is -2.44. The van der Waals surface area contributed by atoms with Gasteiger partial charge in [0.15, 0.2) is 0 Å². The summed E-state index contributed by atoms with van der Waals surface area (Å²) >= 11 is 1.26. The summed E-state index contributed by atoms with van der Waals surface area (Å²) in [6.07, 6.45) is -0.316. The first kappa shape index (κ1) is 13.4. The van der Waals surface area contributed by atoms with Crippen molar-refractivity contribution in [3.63, 3.8) is 0 Å². The highest BCUT2D eigenvalue weighted by molar-refractivity contribution is 8.03. The molecule has 0 aliphatic carbocycles. The number of aliphatic hydroxyl groups excluding tert-OH is 2. The number of amides is 1. The lowest BCUT2D eigenvalue weighted by atomic mass is 9.83. The van der Waals surface area contributed by atoms with Crippen LogP contribution in [0.1, 0.15) is 13.3 Å². The summed E-state index contributed by atoms with van der Waals surface area (Å²) in [6, 6.07) is -0.246. The van der Waals surface area contributed by atoms with Crippen molar-refractivity contribution >= 4 is 23.6 Å². The molecule has 1 amide bonds. The fourth-order valence-corrected chi connectivity index (χ4v) is 3.48. The van der Waals surface area contributed by atoms with Crippen LogP contribution in [0, 0.1) is 5.92 Å². The lowest BCUT2D eigenvalue weighted by molar-refractivity contribution is -0.161. The van der Waals surface area contributed by atoms with Crippen LogP contribution in [0.3, 0.4) is 0 Å². The van der Waals surface area contributed by atoms with Crippen LogP contribution in [0.25, 0.3) is 0 Å². The van der Waals surface area contributed by atoms with Gasteiger partial charge >= 0.3 is 5.97 Å². The maximum atomic E-state index is 11.8. The van der Waals surface area contributed by atoms with Gasteiger partial charge in [-0.2, -0.15) is 0 Å². The van der Waals surface area contributed by atoms with Gasteiger partial charge in [0.05, 0.1) is 24.7 Å². The zero-order valence-electron chi connectivity index (χ0n) is 9.87. The summed E-state index contributed by atoms with van der Waals surface area (Å²) in [5.41, 5.74) is 0.0142. The van der Waals surface area contributed by atoms with Crippen LogP contribution in [0.5, 0.6) is 0 Å². The Morgan fingerprint density at radius 3 is 2.78 bits per heavy atom. The molecule has 7 heteroatoms. The summed E-state index contributed by atoms with van der Waals surface area (Å²) in [7, 11) is 0. The van der Waals surface area contributed by atoms with Crippen LogP contribution in [0.15, 0.2) is 10.6 Å². The molecule has 0 bridgehead atoms. The number of nitrogens with zero attached hydrogens (tertiary/aromatic N) is 1. The lowest BCUT2D eigenvalue weighted by Crippen LogP contribution is -2.61. The molecule has 2 aliphatic rings. The standard InChI is InChI=1S/C11H15NO5S/c1-5(14)8-6-4-7(18-3-2-13)9(11(16)17)12(6)10(8)15/h5-6,8,13-14H,2-4H2,1H3,(H,16,17)/t5?,6?,8-/m0/s1. The third kappa shape index (κ3) is 1.92. The van der Waals surface area contributed by atoms with Crippen molar-refractivity contribution in [2.75, 3.05) is 12.4 Å². The largest absolute Gasteiger partial charge is 0.477 e. The topological polar surface area (TPSA) is 98.1 Å². The molecule has 1 fully saturated rings. The van der Waals surface area contributed by atoms with E-state index in [2.05, 4.69) is 0 Å². The quantitative estimate of drug-likeness (QED) is 0.591. The number of thioether (sulfide) groups is 1. The molecular formula is C11H15NO5S. The predicted octanol–water partition coefficient (Wildman–Crippen LogP) is -0.380. The number of rotatable bonds is 5. The highest BCUT2D eigenvalue weighted by atomic mass is 32.2. The number of fused-ring (bicyclic) bond motifs is 1. The van der Waals surface area contributed by atoms with E-state index in [9.17, 15) is 14.7 Å². The van der Waals surface area contributed by atoms with Gasteiger partial charge in [0.2, 0.25) is 5.91 Å². The Balaban J connectivity index is 2.21. The van der Waals surface area contributed by atoms with Crippen molar-refractivity contribution in [2.24, 2.45) is 5.92 Å². The summed E-state index contributed by atoms with van der Waals surface area (Å²) < 4.78 is 0. The molecule has 0 spiro atoms. The van der Waals surface area contributed by atoms with Crippen LogP contribution < -0.4 is 0 Å². The molecule has 3 atom stereocenters. The number of carbonyl (C=O) groups excluding carboxylic acids is 1. The molecule has 0 aromatic carbocycles. The SMILES string of the molecule is CC(O)[C@@H]1C(=O)N2C(C(=O)O)=C(SCCO)CC12. The van der Waals surface area contributed by atoms with Crippen LogP contribution >= 0.6 is 11.8 Å². The molecule has 0 aromatic rings. The number of aliphatic hydroxyl groups is 2. The number of hydrogen-bond donors (Lipinski definition) is 3. The van der Waals surface area contributed by atoms with E-state index in [1.54, 1.807) is 6.92 Å². The second-order valence-electron chi connectivity index (χ2n) is 4.40. The van der Waals surface area contributed by atoms with Gasteiger partial charge in [-0.1, -0.05) is 0 Å². The van der Waals surface area contributed by atoms with E-state index < -0.39 is 18.0 Å². The molecule has 0 radical (unpaired) electrons. The van der Waals surface area contributed by atoms with E-state index in [4.69, 9.17) is 10.2 Å². The molecule has 3 N–H and O–H groups in total. The monoisotopic (exact) mass is 273 g/mol. The molecule has 2 unspecified atom stereocenters. The number of carboxylic acids is 1. The van der Waals surface area contributed by atoms with E-state index in [1.165, 1.54) is 16.7 Å². The minimum Gasteiger partial charge on any atom is -0.477 e. The number of carboxylic acid groups (broad SMARTS) is 1. The summed E-state index contributed by atoms with van der Waals surface area (Å²) in [5.74, 6) is -1.56. The molecule has 0 aromatic heterocycles. The maximum absolute atomic E-state index is 11.8. The van der Waals surface area contributed by atoms with E-state index in [0.29, 0.717) is 17.1 Å². The Bertz CT molecular complexity index is 420. The van der Waals surface area contributed by atoms with Gasteiger partial charge in [-0.3, -0.25) is 4.79 Å². The number of hydrogen-bond acceptors (Lipinski definition) is 5. The number of carbonyl (C=O) groups is 2. The van der Waals surface area contributed by atoms with Crippen molar-refractivity contribution < 1.29 is 24.9 Å². The fourth-order valence-electron chi connectivity index (χ4n) is 2.53. The van der Waals surface area contributed by atoms with Gasteiger partial charge in [0, 0.05) is 17.1 Å². The fraction of sp³-hybridized carbons (Fsp3) is 0.636. The highest BCUT2D eigenvalue weighted by Gasteiger charge is 2.56. The predicted molar refractivity (Wildman–Crippen MR) is 64.6 cm³/mol. The zero-order valence-corrected chi connectivity index (χ0v) is 10.7. The first-order valence-corrected chi connectivity index (χ1v) is 6.68. The van der Waals surface area contributed by atoms with E-state index in [1.807, 2.05) is 0 Å². The Hall–Kier alpha value is -1.05. The summed E-state index contributed by atoms with van der Waals surface area (Å²) in [5, 5.41) is 27.5. The van der Waals surface area contributed by atoms with Crippen molar-refractivity contribution in [1.29, 1.82) is 0 Å². The third-order valence-corrected chi connectivity index (χ3v) is 4.35. The normalized spacial score (nSPS) is 28.2. The van der Waals surface area contributed by atoms with Gasteiger partial charge in [0.25, 0.3) is 0 Å². The van der Waals surface area contributed by atoms with E-state index in [-0.39, 0.29) is 24.3 Å². The van der Waals surface area contributed by atoms with E-state index >= 15 is 0 Å². The van der Waals surface area contributed by atoms with Crippen LogP contribution in [0.2, 0.25) is 0 Å². The average Bonchev–Trinajstić information content (AvgIpc) is 2.60. The average molecular weight is 273 g/mol. The van der Waals surface area contributed by atoms with Crippen molar-refractivity contribution in [3.05, 3.63) is 10.6 Å². The van der Waals surface area contributed by atoms with Gasteiger partial charge in [-0.15, -0.1) is 11.8 Å². The molecule has 2 aliphatic heterocycles. The Morgan fingerprint density at radius 1 is 1.61 bits per heavy atom. The second kappa shape index (κ2) is 4.91. The third-order valence-electron chi connectivity index (χ3n) is 3.26. The first-order valence-electron chi connectivity index (χ1n) is 5.70. The number of aliphatic carboxylic acids is 1. The molecule has 1 saturated heterocycles. The van der Waals surface area contributed by atoms with E-state index in [0.717, 1.165) is 0 Å². The van der Waals surface area contributed by atoms with Crippen LogP contribution in [-0.4, -0.2) is 56.6 Å². The van der Waals surface area contributed by atoms with Crippen LogP contribution in [0.4, 0.5) is 0 Å². The Morgan fingerprint density at radius 2 is 2.28 bits per heavy atom. The maximum Gasteiger partial charge on any atom is 0.353 e. The van der Waals surface area contributed by atoms with Crippen LogP contribution in [-0.2, 0) is 9.59 Å². The zero-order chi connectivity index (χ0) is 13.4. The summed E-state index contributed by atoms with van der Waals surface area (Å²) in [6.45, 7) is 1.50. The minimum atomic E-state index is -1.13. The highest BCUT2D eigenvalue weighted by Crippen LogP contribution is 2.46. The van der Waals surface area contributed by atoms with Crippen molar-refractivity contribution in [3.8, 4) is 0 Å². The molecular weight excluding hydrogens is 258 g/mol. The molecule has 100 valence electrons. The second-order valence-corrected chi connectivity index (χ2v) is 5.58. The molecule has 6 nitrogen and oxygen atoms in total. The van der Waals surface area contributed by atoms with Gasteiger partial charge < -0.3 is 20.2 Å². The Labute approximate surface area is 108 Å². The van der Waals surface area contributed by atoms with Gasteiger partial charge in [-0.25, -0.2) is 4.79 Å². The smallest absolute Gasteiger partial charge is 0.353 e. The van der Waals surface area contributed by atoms with Gasteiger partial charge in [0.1, 0.15) is 5.70 Å². The molecule has 2 rings (SSSR count). The molecule has 0 saturated carbocycles. The molecule has 18 heavy (non-hydrogen) atoms. The minimum absolute atomic E-state index is 0.0142. The first-order chi connectivity index (χ1) is 8.49. The Kier molecular flexibility index (Phi) is 3.65. The van der Waals surface area contributed by atoms with Gasteiger partial charge in [-0.05, 0) is 6.92 Å². The van der Waals surface area contributed by atoms with Crippen molar-refractivity contribution in [2.45, 2.75) is 25.5 Å². The summed E-state index contributed by atoms with van der Waals surface area (Å²) in [4.78, 5) is 24.9. The number of β-lactam (4-membered cyclic amide) rings is 1. The molecule has 2 heterocycles.